The highest BCUT2D eigenvalue weighted by Gasteiger charge is 2.17. The standard InChI is InChI=1S/C19H16N2O7S2/c1-26-17-11-13-19(14-12-17)30(24,25)28-21-16-9-7-15(8-10-16)20-27-29(22,23)18-5-3-2-4-6-18/h2-14H,1H3. The Morgan fingerprint density at radius 2 is 1.07 bits per heavy atom. The van der Waals surface area contributed by atoms with Crippen LogP contribution in [0.2, 0.25) is 0 Å². The minimum atomic E-state index is -4.10. The molecule has 0 heterocycles. The van der Waals surface area contributed by atoms with Crippen molar-refractivity contribution in [3.05, 3.63) is 78.9 Å². The zero-order chi connectivity index (χ0) is 21.6. The maximum absolute atomic E-state index is 12.2. The highest BCUT2D eigenvalue weighted by atomic mass is 32.2. The van der Waals surface area contributed by atoms with Gasteiger partial charge in [-0.15, -0.1) is 0 Å². The van der Waals surface area contributed by atoms with Gasteiger partial charge in [-0.25, -0.2) is 0 Å². The summed E-state index contributed by atoms with van der Waals surface area (Å²) in [5.74, 6) is 0.502. The molecule has 2 aromatic rings. The largest absolute Gasteiger partial charge is 0.497 e. The molecule has 11 heteroatoms. The second kappa shape index (κ2) is 8.93. The molecule has 0 unspecified atom stereocenters. The van der Waals surface area contributed by atoms with Gasteiger partial charge in [0.2, 0.25) is 0 Å². The number of ether oxygens (including phenoxy) is 1. The molecular formula is C19H16N2O7S2. The van der Waals surface area contributed by atoms with Crippen molar-refractivity contribution in [2.45, 2.75) is 9.79 Å². The smallest absolute Gasteiger partial charge is 0.358 e. The van der Waals surface area contributed by atoms with Gasteiger partial charge >= 0.3 is 20.2 Å². The molecule has 156 valence electrons. The first-order valence-corrected chi connectivity index (χ1v) is 11.2. The summed E-state index contributed by atoms with van der Waals surface area (Å²) in [6.45, 7) is 0. The number of methoxy groups -OCH3 is 1. The minimum Gasteiger partial charge on any atom is -0.497 e. The van der Waals surface area contributed by atoms with Crippen LogP contribution in [0.25, 0.3) is 0 Å². The Kier molecular flexibility index (Phi) is 6.33. The van der Waals surface area contributed by atoms with Gasteiger partial charge in [0.15, 0.2) is 0 Å². The van der Waals surface area contributed by atoms with Gasteiger partial charge in [-0.3, -0.25) is 8.57 Å². The first-order valence-electron chi connectivity index (χ1n) is 8.39. The highest BCUT2D eigenvalue weighted by molar-refractivity contribution is 7.87. The van der Waals surface area contributed by atoms with Gasteiger partial charge < -0.3 is 4.74 Å². The monoisotopic (exact) mass is 448 g/mol. The van der Waals surface area contributed by atoms with E-state index >= 15 is 0 Å². The van der Waals surface area contributed by atoms with E-state index in [2.05, 4.69) is 18.9 Å². The summed E-state index contributed by atoms with van der Waals surface area (Å²) in [5, 5.41) is 7.14. The van der Waals surface area contributed by atoms with Crippen molar-refractivity contribution in [1.29, 1.82) is 0 Å². The first kappa shape index (κ1) is 21.3. The van der Waals surface area contributed by atoms with E-state index in [-0.39, 0.29) is 21.2 Å². The number of rotatable bonds is 7. The molecule has 0 atom stereocenters. The van der Waals surface area contributed by atoms with Gasteiger partial charge in [-0.1, -0.05) is 28.5 Å². The number of hydrogen-bond acceptors (Lipinski definition) is 9. The number of nitrogens with zero attached hydrogens (tertiary/aromatic N) is 2. The van der Waals surface area contributed by atoms with Crippen molar-refractivity contribution in [1.82, 2.24) is 0 Å². The summed E-state index contributed by atoms with van der Waals surface area (Å²) in [4.78, 5) is -0.115. The van der Waals surface area contributed by atoms with Crippen LogP contribution in [0.15, 0.2) is 99.0 Å². The Morgan fingerprint density at radius 1 is 0.633 bits per heavy atom. The summed E-state index contributed by atoms with van der Waals surface area (Å²) in [5.41, 5.74) is 0.364. The van der Waals surface area contributed by atoms with E-state index in [0.29, 0.717) is 5.75 Å². The fraction of sp³-hybridized carbons (Fsp3) is 0.0526. The molecule has 3 rings (SSSR count). The molecule has 30 heavy (non-hydrogen) atoms. The number of hydrogen-bond donors (Lipinski definition) is 0. The van der Waals surface area contributed by atoms with E-state index in [4.69, 9.17) is 4.74 Å². The SMILES string of the molecule is COc1ccc(S(=O)(=O)ON=C2C=CC(=NOS(=O)(=O)c3ccccc3)C=C2)cc1. The van der Waals surface area contributed by atoms with Gasteiger partial charge in [0, 0.05) is 0 Å². The van der Waals surface area contributed by atoms with Gasteiger partial charge in [0.05, 0.1) is 7.11 Å². The van der Waals surface area contributed by atoms with E-state index in [1.54, 1.807) is 18.2 Å². The lowest BCUT2D eigenvalue weighted by atomic mass is 10.1. The molecule has 0 saturated carbocycles. The maximum atomic E-state index is 12.2. The molecule has 0 spiro atoms. The van der Waals surface area contributed by atoms with E-state index in [1.807, 2.05) is 0 Å². The normalized spacial score (nSPS) is 13.6. The predicted octanol–water partition coefficient (Wildman–Crippen LogP) is 2.64. The number of allylic oxidation sites excluding steroid dienone is 4. The van der Waals surface area contributed by atoms with Crippen molar-refractivity contribution in [2.24, 2.45) is 10.3 Å². The quantitative estimate of drug-likeness (QED) is 0.471. The zero-order valence-corrected chi connectivity index (χ0v) is 17.2. The molecule has 0 fully saturated rings. The molecule has 0 aliphatic heterocycles. The molecule has 0 amide bonds. The minimum absolute atomic E-state index is 0.0301. The average molecular weight is 448 g/mol. The molecule has 9 nitrogen and oxygen atoms in total. The number of benzene rings is 2. The first-order chi connectivity index (χ1) is 14.3. The molecule has 1 aliphatic rings. The third-order valence-corrected chi connectivity index (χ3v) is 5.95. The molecule has 0 radical (unpaired) electrons. The van der Waals surface area contributed by atoms with E-state index in [1.165, 1.54) is 67.8 Å². The van der Waals surface area contributed by atoms with E-state index in [9.17, 15) is 16.8 Å². The van der Waals surface area contributed by atoms with Crippen molar-refractivity contribution >= 4 is 31.7 Å². The van der Waals surface area contributed by atoms with Crippen molar-refractivity contribution in [2.75, 3.05) is 7.11 Å². The summed E-state index contributed by atoms with van der Waals surface area (Å²) >= 11 is 0. The van der Waals surface area contributed by atoms with Crippen LogP contribution >= 0.6 is 0 Å². The Morgan fingerprint density at radius 3 is 1.50 bits per heavy atom. The summed E-state index contributed by atoms with van der Waals surface area (Å²) in [7, 11) is -6.67. The van der Waals surface area contributed by atoms with Gasteiger partial charge in [-0.2, -0.15) is 16.8 Å². The third-order valence-electron chi connectivity index (χ3n) is 3.71. The number of oxime groups is 2. The lowest BCUT2D eigenvalue weighted by Gasteiger charge is -2.05. The Bertz CT molecular complexity index is 1210. The lowest BCUT2D eigenvalue weighted by molar-refractivity contribution is 0.338. The van der Waals surface area contributed by atoms with E-state index < -0.39 is 20.2 Å². The highest BCUT2D eigenvalue weighted by Crippen LogP contribution is 2.18. The maximum Gasteiger partial charge on any atom is 0.358 e. The van der Waals surface area contributed by atoms with Crippen LogP contribution in [0, 0.1) is 0 Å². The van der Waals surface area contributed by atoms with Crippen LogP contribution in [-0.2, 0) is 28.8 Å². The Labute approximate surface area is 173 Å². The lowest BCUT2D eigenvalue weighted by Crippen LogP contribution is -2.07. The Balaban J connectivity index is 1.64. The van der Waals surface area contributed by atoms with Crippen LogP contribution in [0.5, 0.6) is 5.75 Å². The third kappa shape index (κ3) is 5.33. The topological polar surface area (TPSA) is 121 Å². The van der Waals surface area contributed by atoms with Crippen LogP contribution < -0.4 is 4.74 Å². The second-order valence-electron chi connectivity index (χ2n) is 5.74. The van der Waals surface area contributed by atoms with Gasteiger partial charge in [0.25, 0.3) is 0 Å². The van der Waals surface area contributed by atoms with Gasteiger partial charge in [0.1, 0.15) is 27.0 Å². The zero-order valence-electron chi connectivity index (χ0n) is 15.6. The van der Waals surface area contributed by atoms with Crippen LogP contribution in [-0.4, -0.2) is 35.4 Å². The molecule has 1 aliphatic carbocycles. The van der Waals surface area contributed by atoms with Crippen LogP contribution in [0.3, 0.4) is 0 Å². The summed E-state index contributed by atoms with van der Waals surface area (Å²) < 4.78 is 62.7. The van der Waals surface area contributed by atoms with Gasteiger partial charge in [-0.05, 0) is 60.7 Å². The molecule has 0 saturated heterocycles. The molecule has 0 N–H and O–H groups in total. The molecule has 0 bridgehead atoms. The average Bonchev–Trinajstić information content (AvgIpc) is 2.78. The fourth-order valence-corrected chi connectivity index (χ4v) is 3.67. The summed E-state index contributed by atoms with van der Waals surface area (Å²) in [6.07, 6.45) is 5.56. The molecular weight excluding hydrogens is 432 g/mol. The van der Waals surface area contributed by atoms with Crippen molar-refractivity contribution in [3.8, 4) is 5.75 Å². The van der Waals surface area contributed by atoms with Crippen molar-refractivity contribution in [3.63, 3.8) is 0 Å². The van der Waals surface area contributed by atoms with Crippen molar-refractivity contribution < 1.29 is 30.1 Å². The molecule has 2 aromatic carbocycles. The molecule has 0 aromatic heterocycles. The second-order valence-corrected chi connectivity index (χ2v) is 8.80. The van der Waals surface area contributed by atoms with Crippen LogP contribution in [0.4, 0.5) is 0 Å². The van der Waals surface area contributed by atoms with E-state index in [0.717, 1.165) is 0 Å². The fourth-order valence-electron chi connectivity index (χ4n) is 2.17. The summed E-state index contributed by atoms with van der Waals surface area (Å²) in [6, 6.07) is 13.2. The Hall–Kier alpha value is -3.44. The van der Waals surface area contributed by atoms with Crippen LogP contribution in [0.1, 0.15) is 0 Å². The predicted molar refractivity (Wildman–Crippen MR) is 109 cm³/mol.